The van der Waals surface area contributed by atoms with Crippen molar-refractivity contribution in [3.05, 3.63) is 36.0 Å². The zero-order valence-corrected chi connectivity index (χ0v) is 12.6. The topological polar surface area (TPSA) is 51.5 Å². The van der Waals surface area contributed by atoms with Gasteiger partial charge in [-0.25, -0.2) is 4.79 Å². The second-order valence-corrected chi connectivity index (χ2v) is 4.77. The maximum atomic E-state index is 12.2. The number of hydrogen-bond acceptors (Lipinski definition) is 3. The van der Waals surface area contributed by atoms with Gasteiger partial charge in [0.05, 0.1) is 12.7 Å². The fraction of sp³-hybridized carbons (Fsp3) is 0.375. The van der Waals surface area contributed by atoms with Gasteiger partial charge in [0.15, 0.2) is 0 Å². The van der Waals surface area contributed by atoms with Gasteiger partial charge in [0.2, 0.25) is 5.91 Å². The number of benzene rings is 1. The first kappa shape index (κ1) is 15.1. The van der Waals surface area contributed by atoms with Crippen molar-refractivity contribution in [2.75, 3.05) is 20.2 Å². The van der Waals surface area contributed by atoms with Crippen LogP contribution in [0.25, 0.3) is 10.9 Å². The third kappa shape index (κ3) is 3.07. The van der Waals surface area contributed by atoms with Gasteiger partial charge in [0, 0.05) is 24.8 Å². The van der Waals surface area contributed by atoms with Gasteiger partial charge < -0.3 is 14.2 Å². The maximum absolute atomic E-state index is 12.2. The van der Waals surface area contributed by atoms with Gasteiger partial charge >= 0.3 is 5.97 Å². The lowest BCUT2D eigenvalue weighted by atomic mass is 10.1. The molecule has 1 aromatic carbocycles. The third-order valence-electron chi connectivity index (χ3n) is 3.62. The number of carbonyl (C=O) groups is 2. The molecule has 21 heavy (non-hydrogen) atoms. The summed E-state index contributed by atoms with van der Waals surface area (Å²) in [6.07, 6.45) is 1.87. The maximum Gasteiger partial charge on any atom is 0.337 e. The van der Waals surface area contributed by atoms with Crippen LogP contribution < -0.4 is 0 Å². The van der Waals surface area contributed by atoms with Crippen LogP contribution in [0.3, 0.4) is 0 Å². The minimum absolute atomic E-state index is 0.0703. The molecule has 1 amide bonds. The van der Waals surface area contributed by atoms with Gasteiger partial charge in [-0.05, 0) is 37.4 Å². The van der Waals surface area contributed by atoms with E-state index in [-0.39, 0.29) is 18.4 Å². The van der Waals surface area contributed by atoms with Crippen LogP contribution in [0.1, 0.15) is 24.2 Å². The van der Waals surface area contributed by atoms with Crippen molar-refractivity contribution in [3.63, 3.8) is 0 Å². The van der Waals surface area contributed by atoms with Crippen molar-refractivity contribution >= 4 is 22.8 Å². The second-order valence-electron chi connectivity index (χ2n) is 4.77. The Kier molecular flexibility index (Phi) is 4.62. The first-order valence-corrected chi connectivity index (χ1v) is 7.05. The molecule has 0 N–H and O–H groups in total. The number of nitrogens with zero attached hydrogens (tertiary/aromatic N) is 2. The molecule has 112 valence electrons. The fourth-order valence-corrected chi connectivity index (χ4v) is 2.39. The highest BCUT2D eigenvalue weighted by Crippen LogP contribution is 2.18. The standard InChI is InChI=1S/C16H20N2O3/c1-4-17(5-2)15(19)11-18-9-8-12-6-7-13(10-14(12)18)16(20)21-3/h6-10H,4-5,11H2,1-3H3. The van der Waals surface area contributed by atoms with Crippen molar-refractivity contribution in [2.45, 2.75) is 20.4 Å². The largest absolute Gasteiger partial charge is 0.465 e. The van der Waals surface area contributed by atoms with Crippen LogP contribution in [0.15, 0.2) is 30.5 Å². The molecule has 0 unspecified atom stereocenters. The normalized spacial score (nSPS) is 10.6. The molecule has 0 aliphatic heterocycles. The first-order chi connectivity index (χ1) is 10.1. The zero-order chi connectivity index (χ0) is 15.4. The van der Waals surface area contributed by atoms with Crippen LogP contribution in [0.2, 0.25) is 0 Å². The Morgan fingerprint density at radius 3 is 2.52 bits per heavy atom. The minimum Gasteiger partial charge on any atom is -0.465 e. The van der Waals surface area contributed by atoms with E-state index in [2.05, 4.69) is 0 Å². The molecule has 0 radical (unpaired) electrons. The lowest BCUT2D eigenvalue weighted by molar-refractivity contribution is -0.131. The molecule has 5 nitrogen and oxygen atoms in total. The molecular weight excluding hydrogens is 268 g/mol. The Hall–Kier alpha value is -2.30. The zero-order valence-electron chi connectivity index (χ0n) is 12.6. The Morgan fingerprint density at radius 2 is 1.90 bits per heavy atom. The quantitative estimate of drug-likeness (QED) is 0.793. The number of aromatic nitrogens is 1. The summed E-state index contributed by atoms with van der Waals surface area (Å²) >= 11 is 0. The molecule has 0 aliphatic rings. The molecule has 0 atom stereocenters. The number of fused-ring (bicyclic) bond motifs is 1. The summed E-state index contributed by atoms with van der Waals surface area (Å²) in [5, 5.41) is 0.995. The Labute approximate surface area is 124 Å². The molecule has 0 fully saturated rings. The average Bonchev–Trinajstić information content (AvgIpc) is 2.90. The SMILES string of the molecule is CCN(CC)C(=O)Cn1ccc2ccc(C(=O)OC)cc21. The number of rotatable bonds is 5. The average molecular weight is 288 g/mol. The van der Waals surface area contributed by atoms with E-state index in [1.165, 1.54) is 7.11 Å². The molecule has 2 aromatic rings. The van der Waals surface area contributed by atoms with Crippen LogP contribution in [0.4, 0.5) is 0 Å². The van der Waals surface area contributed by atoms with Crippen molar-refractivity contribution in [2.24, 2.45) is 0 Å². The van der Waals surface area contributed by atoms with Crippen LogP contribution in [-0.2, 0) is 16.1 Å². The van der Waals surface area contributed by atoms with Gasteiger partial charge in [-0.15, -0.1) is 0 Å². The van der Waals surface area contributed by atoms with Crippen molar-refractivity contribution in [1.82, 2.24) is 9.47 Å². The van der Waals surface area contributed by atoms with Gasteiger partial charge in [-0.1, -0.05) is 6.07 Å². The van der Waals surface area contributed by atoms with Crippen molar-refractivity contribution < 1.29 is 14.3 Å². The van der Waals surface area contributed by atoms with Gasteiger partial charge in [-0.3, -0.25) is 4.79 Å². The minimum atomic E-state index is -0.375. The summed E-state index contributed by atoms with van der Waals surface area (Å²) in [6, 6.07) is 7.28. The van der Waals surface area contributed by atoms with E-state index in [1.807, 2.05) is 36.7 Å². The lowest BCUT2D eigenvalue weighted by Gasteiger charge is -2.19. The van der Waals surface area contributed by atoms with Crippen LogP contribution in [0, 0.1) is 0 Å². The highest BCUT2D eigenvalue weighted by atomic mass is 16.5. The number of likely N-dealkylation sites (N-methyl/N-ethyl adjacent to an activating group) is 1. The summed E-state index contributed by atoms with van der Waals surface area (Å²) in [6.45, 7) is 5.59. The number of ether oxygens (including phenoxy) is 1. The van der Waals surface area contributed by atoms with Crippen LogP contribution >= 0.6 is 0 Å². The molecule has 5 heteroatoms. The molecular formula is C16H20N2O3. The smallest absolute Gasteiger partial charge is 0.337 e. The lowest BCUT2D eigenvalue weighted by Crippen LogP contribution is -2.33. The van der Waals surface area contributed by atoms with E-state index in [4.69, 9.17) is 4.74 Å². The van der Waals surface area contributed by atoms with Crippen LogP contribution in [-0.4, -0.2) is 41.5 Å². The Bertz CT molecular complexity index is 657. The van der Waals surface area contributed by atoms with E-state index < -0.39 is 0 Å². The molecule has 0 saturated heterocycles. The summed E-state index contributed by atoms with van der Waals surface area (Å²) in [5.41, 5.74) is 1.35. The van der Waals surface area contributed by atoms with E-state index >= 15 is 0 Å². The summed E-state index contributed by atoms with van der Waals surface area (Å²) in [5.74, 6) is -0.305. The summed E-state index contributed by atoms with van der Waals surface area (Å²) in [4.78, 5) is 25.6. The Balaban J connectivity index is 2.32. The van der Waals surface area contributed by atoms with Crippen LogP contribution in [0.5, 0.6) is 0 Å². The molecule has 0 bridgehead atoms. The molecule has 0 spiro atoms. The van der Waals surface area contributed by atoms with E-state index in [1.54, 1.807) is 17.0 Å². The van der Waals surface area contributed by atoms with Gasteiger partial charge in [-0.2, -0.15) is 0 Å². The molecule has 1 aromatic heterocycles. The number of amides is 1. The van der Waals surface area contributed by atoms with E-state index in [0.717, 1.165) is 10.9 Å². The number of esters is 1. The Morgan fingerprint density at radius 1 is 1.19 bits per heavy atom. The molecule has 0 saturated carbocycles. The van der Waals surface area contributed by atoms with Gasteiger partial charge in [0.25, 0.3) is 0 Å². The third-order valence-corrected chi connectivity index (χ3v) is 3.62. The predicted octanol–water partition coefficient (Wildman–Crippen LogP) is 2.30. The van der Waals surface area contributed by atoms with E-state index in [9.17, 15) is 9.59 Å². The second kappa shape index (κ2) is 6.43. The van der Waals surface area contributed by atoms with Crippen molar-refractivity contribution in [3.8, 4) is 0 Å². The summed E-state index contributed by atoms with van der Waals surface area (Å²) < 4.78 is 6.60. The fourth-order valence-electron chi connectivity index (χ4n) is 2.39. The van der Waals surface area contributed by atoms with Crippen molar-refractivity contribution in [1.29, 1.82) is 0 Å². The van der Waals surface area contributed by atoms with E-state index in [0.29, 0.717) is 18.7 Å². The highest BCUT2D eigenvalue weighted by molar-refractivity contribution is 5.95. The summed E-state index contributed by atoms with van der Waals surface area (Å²) in [7, 11) is 1.36. The van der Waals surface area contributed by atoms with Gasteiger partial charge in [0.1, 0.15) is 6.54 Å². The molecule has 1 heterocycles. The molecule has 0 aliphatic carbocycles. The highest BCUT2D eigenvalue weighted by Gasteiger charge is 2.13. The number of hydrogen-bond donors (Lipinski definition) is 0. The number of carbonyl (C=O) groups excluding carboxylic acids is 2. The monoisotopic (exact) mass is 288 g/mol. The number of methoxy groups -OCH3 is 1. The predicted molar refractivity (Wildman–Crippen MR) is 81.2 cm³/mol. The molecule has 2 rings (SSSR count). The first-order valence-electron chi connectivity index (χ1n) is 7.05.